The Labute approximate surface area is 351 Å². The monoisotopic (exact) mass is 806 g/mol. The number of carboxylic acids is 1. The fourth-order valence-electron chi connectivity index (χ4n) is 7.10. The highest BCUT2D eigenvalue weighted by Gasteiger charge is 2.25. The van der Waals surface area contributed by atoms with Crippen LogP contribution in [0, 0.1) is 0 Å². The largest absolute Gasteiger partial charge is 0.544 e. The number of aliphatic carboxylic acids is 1. The van der Waals surface area contributed by atoms with Crippen LogP contribution in [0.5, 0.6) is 0 Å². The first kappa shape index (κ1) is 54.8. The van der Waals surface area contributed by atoms with Crippen molar-refractivity contribution in [2.24, 2.45) is 0 Å². The lowest BCUT2D eigenvalue weighted by Gasteiger charge is -2.34. The van der Waals surface area contributed by atoms with Gasteiger partial charge in [0, 0.05) is 19.3 Å². The fraction of sp³-hybridized carbons (Fsp3) is 0.857. The number of rotatable bonds is 43. The van der Waals surface area contributed by atoms with Crippen LogP contribution in [0.4, 0.5) is 0 Å². The Morgan fingerprint density at radius 2 is 0.930 bits per heavy atom. The van der Waals surface area contributed by atoms with Gasteiger partial charge in [0.25, 0.3) is 0 Å². The molecule has 0 rings (SSSR count). The Bertz CT molecular complexity index is 989. The third-order valence-corrected chi connectivity index (χ3v) is 10.8. The van der Waals surface area contributed by atoms with E-state index in [4.69, 9.17) is 14.2 Å². The van der Waals surface area contributed by atoms with Crippen molar-refractivity contribution in [3.63, 3.8) is 0 Å². The number of likely N-dealkylation sites (N-methyl/N-ethyl adjacent to an activating group) is 1. The summed E-state index contributed by atoms with van der Waals surface area (Å²) in [5, 5.41) is 11.6. The number of esters is 2. The Hall–Kier alpha value is -2.19. The molecule has 0 heterocycles. The van der Waals surface area contributed by atoms with E-state index in [1.54, 1.807) is 21.1 Å². The van der Waals surface area contributed by atoms with Crippen molar-refractivity contribution in [2.45, 2.75) is 231 Å². The predicted octanol–water partition coefficient (Wildman–Crippen LogP) is 11.9. The molecule has 2 atom stereocenters. The third kappa shape index (κ3) is 39.1. The molecule has 334 valence electrons. The fourth-order valence-corrected chi connectivity index (χ4v) is 7.10. The van der Waals surface area contributed by atoms with Gasteiger partial charge in [-0.2, -0.15) is 0 Å². The lowest BCUT2D eigenvalue weighted by Crippen LogP contribution is -2.55. The van der Waals surface area contributed by atoms with Gasteiger partial charge in [0.1, 0.15) is 12.6 Å². The molecule has 2 unspecified atom stereocenters. The van der Waals surface area contributed by atoms with Crippen molar-refractivity contribution in [1.29, 1.82) is 0 Å². The van der Waals surface area contributed by atoms with Crippen LogP contribution < -0.4 is 5.11 Å². The molecule has 57 heavy (non-hydrogen) atoms. The number of carboxylic acid groups (broad SMARTS) is 1. The number of allylic oxidation sites excluding steroid dienone is 4. The molecule has 0 saturated carbocycles. The molecule has 0 radical (unpaired) electrons. The van der Waals surface area contributed by atoms with E-state index in [1.165, 1.54) is 135 Å². The summed E-state index contributed by atoms with van der Waals surface area (Å²) < 4.78 is 17.2. The van der Waals surface area contributed by atoms with Crippen molar-refractivity contribution in [1.82, 2.24) is 0 Å². The predicted molar refractivity (Wildman–Crippen MR) is 236 cm³/mol. The van der Waals surface area contributed by atoms with E-state index in [-0.39, 0.29) is 42.7 Å². The van der Waals surface area contributed by atoms with Crippen LogP contribution in [-0.2, 0) is 28.6 Å². The average molecular weight is 806 g/mol. The molecular weight excluding hydrogens is 715 g/mol. The zero-order valence-electron chi connectivity index (χ0n) is 38.0. The van der Waals surface area contributed by atoms with Crippen molar-refractivity contribution in [2.75, 3.05) is 41.0 Å². The third-order valence-electron chi connectivity index (χ3n) is 10.8. The van der Waals surface area contributed by atoms with Gasteiger partial charge in [-0.05, 0) is 44.9 Å². The zero-order chi connectivity index (χ0) is 42.1. The van der Waals surface area contributed by atoms with Gasteiger partial charge in [-0.3, -0.25) is 9.59 Å². The number of nitrogens with zero attached hydrogens (tertiary/aromatic N) is 1. The Morgan fingerprint density at radius 1 is 0.526 bits per heavy atom. The normalized spacial score (nSPS) is 13.1. The van der Waals surface area contributed by atoms with Gasteiger partial charge in [-0.1, -0.05) is 179 Å². The molecule has 8 nitrogen and oxygen atoms in total. The maximum absolute atomic E-state index is 12.7. The van der Waals surface area contributed by atoms with Crippen LogP contribution in [0.15, 0.2) is 24.3 Å². The summed E-state index contributed by atoms with van der Waals surface area (Å²) in [5.74, 6) is -1.73. The highest BCUT2D eigenvalue weighted by atomic mass is 16.6. The number of carbonyl (C=O) groups is 3. The first-order valence-corrected chi connectivity index (χ1v) is 23.9. The van der Waals surface area contributed by atoms with E-state index >= 15 is 0 Å². The minimum Gasteiger partial charge on any atom is -0.544 e. The Kier molecular flexibility index (Phi) is 39.0. The molecule has 0 aliphatic heterocycles. The Morgan fingerprint density at radius 3 is 1.39 bits per heavy atom. The second-order valence-corrected chi connectivity index (χ2v) is 17.4. The summed E-state index contributed by atoms with van der Waals surface area (Å²) in [7, 11) is 5.41. The van der Waals surface area contributed by atoms with Crippen LogP contribution >= 0.6 is 0 Å². The van der Waals surface area contributed by atoms with Gasteiger partial charge >= 0.3 is 11.9 Å². The van der Waals surface area contributed by atoms with Gasteiger partial charge < -0.3 is 28.6 Å². The van der Waals surface area contributed by atoms with Crippen LogP contribution in [0.1, 0.15) is 219 Å². The number of carbonyl (C=O) groups excluding carboxylic acids is 3. The molecule has 8 heteroatoms. The number of hydrogen-bond donors (Lipinski definition) is 0. The number of unbranched alkanes of at least 4 members (excludes halogenated alkanes) is 25. The van der Waals surface area contributed by atoms with Gasteiger partial charge in [0.15, 0.2) is 6.10 Å². The summed E-state index contributed by atoms with van der Waals surface area (Å²) in [5.41, 5.74) is 0. The quantitative estimate of drug-likeness (QED) is 0.0262. The molecule has 0 fully saturated rings. The summed E-state index contributed by atoms with van der Waals surface area (Å²) in [4.78, 5) is 36.9. The molecule has 0 aliphatic rings. The van der Waals surface area contributed by atoms with Crippen LogP contribution in [0.2, 0.25) is 0 Å². The lowest BCUT2D eigenvalue weighted by molar-refractivity contribution is -0.889. The van der Waals surface area contributed by atoms with Crippen LogP contribution in [0.25, 0.3) is 0 Å². The van der Waals surface area contributed by atoms with Gasteiger partial charge in [-0.25, -0.2) is 0 Å². The molecule has 0 amide bonds. The van der Waals surface area contributed by atoms with E-state index in [0.717, 1.165) is 51.4 Å². The Balaban J connectivity index is 4.29. The van der Waals surface area contributed by atoms with E-state index in [1.807, 2.05) is 0 Å². The molecule has 0 aromatic carbocycles. The van der Waals surface area contributed by atoms with Crippen molar-refractivity contribution >= 4 is 17.9 Å². The highest BCUT2D eigenvalue weighted by molar-refractivity contribution is 5.70. The molecule has 0 aromatic heterocycles. The van der Waals surface area contributed by atoms with Gasteiger partial charge in [0.05, 0.1) is 40.3 Å². The molecular formula is C49H91NO7. The smallest absolute Gasteiger partial charge is 0.306 e. The number of ether oxygens (including phenoxy) is 3. The standard InChI is InChI=1S/C49H91NO7/c1-6-8-10-12-14-16-18-20-22-24-26-28-30-32-34-36-38-40-48(52)57-45(43-55-42-41-46(49(53)54)50(3,4)5)44-56-47(51)39-37-35-33-31-29-27-25-23-21-19-17-15-13-11-9-7-2/h14,16,20,22,45-46H,6-13,15,17-19,21,23-44H2,1-5H3/b16-14-,22-20-. The molecule has 0 spiro atoms. The lowest BCUT2D eigenvalue weighted by atomic mass is 10.0. The SMILES string of the molecule is CCCCC/C=C\C/C=C\CCCCCCCCCC(=O)OC(COCCC(C(=O)[O-])[N+](C)(C)C)COC(=O)CCCCCCCCCCCCCCCCCC. The van der Waals surface area contributed by atoms with E-state index in [9.17, 15) is 19.5 Å². The van der Waals surface area contributed by atoms with E-state index in [0.29, 0.717) is 12.8 Å². The minimum atomic E-state index is -1.12. The van der Waals surface area contributed by atoms with Gasteiger partial charge in [-0.15, -0.1) is 0 Å². The highest BCUT2D eigenvalue weighted by Crippen LogP contribution is 2.16. The average Bonchev–Trinajstić information content (AvgIpc) is 3.17. The van der Waals surface area contributed by atoms with E-state index in [2.05, 4.69) is 38.2 Å². The molecule has 0 N–H and O–H groups in total. The first-order valence-electron chi connectivity index (χ1n) is 23.9. The van der Waals surface area contributed by atoms with Crippen LogP contribution in [0.3, 0.4) is 0 Å². The molecule has 0 aromatic rings. The maximum atomic E-state index is 12.7. The number of quaternary nitrogens is 1. The minimum absolute atomic E-state index is 0.0416. The summed E-state index contributed by atoms with van der Waals surface area (Å²) >= 11 is 0. The zero-order valence-corrected chi connectivity index (χ0v) is 38.0. The molecule has 0 aliphatic carbocycles. The summed E-state index contributed by atoms with van der Waals surface area (Å²) in [6, 6.07) is -0.724. The van der Waals surface area contributed by atoms with E-state index < -0.39 is 18.1 Å². The molecule has 0 saturated heterocycles. The van der Waals surface area contributed by atoms with Crippen molar-refractivity contribution < 1.29 is 38.2 Å². The topological polar surface area (TPSA) is 102 Å². The summed E-state index contributed by atoms with van der Waals surface area (Å²) in [6.07, 6.45) is 44.8. The second kappa shape index (κ2) is 40.6. The molecule has 0 bridgehead atoms. The summed E-state index contributed by atoms with van der Waals surface area (Å²) in [6.45, 7) is 4.66. The van der Waals surface area contributed by atoms with Crippen molar-refractivity contribution in [3.8, 4) is 0 Å². The van der Waals surface area contributed by atoms with Crippen LogP contribution in [-0.4, -0.2) is 75.5 Å². The first-order chi connectivity index (χ1) is 27.6. The van der Waals surface area contributed by atoms with Crippen molar-refractivity contribution in [3.05, 3.63) is 24.3 Å². The van der Waals surface area contributed by atoms with Gasteiger partial charge in [0.2, 0.25) is 0 Å². The second-order valence-electron chi connectivity index (χ2n) is 17.4. The number of hydrogen-bond acceptors (Lipinski definition) is 7. The maximum Gasteiger partial charge on any atom is 0.306 e.